The average Bonchev–Trinajstić information content (AvgIpc) is 2.44. The summed E-state index contributed by atoms with van der Waals surface area (Å²) in [4.78, 5) is 6.06. The molecule has 0 aliphatic carbocycles. The first kappa shape index (κ1) is 15.3. The molecule has 1 saturated heterocycles. The first-order valence-corrected chi connectivity index (χ1v) is 6.93. The van der Waals surface area contributed by atoms with Crippen LogP contribution in [0.15, 0.2) is 12.3 Å². The van der Waals surface area contributed by atoms with Gasteiger partial charge in [-0.1, -0.05) is 11.6 Å². The Morgan fingerprint density at radius 1 is 1.70 bits per heavy atom. The lowest BCUT2D eigenvalue weighted by molar-refractivity contribution is -0.101. The zero-order valence-electron chi connectivity index (χ0n) is 11.8. The summed E-state index contributed by atoms with van der Waals surface area (Å²) < 4.78 is 5.59. The number of hydrogen-bond donors (Lipinski definition) is 3. The molecule has 6 nitrogen and oxygen atoms in total. The highest BCUT2D eigenvalue weighted by molar-refractivity contribution is 6.33. The largest absolute Gasteiger partial charge is 0.394 e. The van der Waals surface area contributed by atoms with Crippen molar-refractivity contribution in [2.45, 2.75) is 18.5 Å². The van der Waals surface area contributed by atoms with Crippen molar-refractivity contribution >= 4 is 23.1 Å². The van der Waals surface area contributed by atoms with Crippen LogP contribution in [0.3, 0.4) is 0 Å². The van der Waals surface area contributed by atoms with E-state index in [2.05, 4.69) is 22.1 Å². The van der Waals surface area contributed by atoms with Crippen LogP contribution < -0.4 is 11.1 Å². The molecule has 2 atom stereocenters. The van der Waals surface area contributed by atoms with Gasteiger partial charge in [0.05, 0.1) is 36.1 Å². The van der Waals surface area contributed by atoms with Crippen molar-refractivity contribution in [2.24, 2.45) is 0 Å². The summed E-state index contributed by atoms with van der Waals surface area (Å²) in [5.74, 6) is 0.400. The Morgan fingerprint density at radius 3 is 3.15 bits per heavy atom. The van der Waals surface area contributed by atoms with Gasteiger partial charge in [0.1, 0.15) is 5.82 Å². The molecule has 7 heteroatoms. The van der Waals surface area contributed by atoms with E-state index in [1.807, 2.05) is 7.05 Å². The van der Waals surface area contributed by atoms with Gasteiger partial charge in [-0.15, -0.1) is 0 Å². The Labute approximate surface area is 123 Å². The summed E-state index contributed by atoms with van der Waals surface area (Å²) in [6.45, 7) is 3.71. The number of nitrogens with two attached hydrogens (primary N) is 1. The van der Waals surface area contributed by atoms with Crippen LogP contribution in [0.2, 0.25) is 5.02 Å². The molecule has 1 aliphatic heterocycles. The highest BCUT2D eigenvalue weighted by Gasteiger charge is 2.40. The van der Waals surface area contributed by atoms with E-state index < -0.39 is 5.54 Å². The molecular formula is C13H21ClN4O2. The maximum atomic E-state index is 9.80. The molecule has 1 fully saturated rings. The predicted molar refractivity (Wildman–Crippen MR) is 80.0 cm³/mol. The fourth-order valence-electron chi connectivity index (χ4n) is 2.34. The van der Waals surface area contributed by atoms with Crippen LogP contribution in [0.25, 0.3) is 0 Å². The lowest BCUT2D eigenvalue weighted by Gasteiger charge is -2.47. The molecule has 0 aromatic carbocycles. The maximum absolute atomic E-state index is 9.80. The second kappa shape index (κ2) is 6.13. The quantitative estimate of drug-likeness (QED) is 0.763. The van der Waals surface area contributed by atoms with Crippen molar-refractivity contribution < 1.29 is 9.84 Å². The number of aromatic nitrogens is 1. The van der Waals surface area contributed by atoms with Crippen LogP contribution in [-0.4, -0.2) is 60.0 Å². The molecule has 0 radical (unpaired) electrons. The zero-order chi connectivity index (χ0) is 14.8. The van der Waals surface area contributed by atoms with Gasteiger partial charge in [0.15, 0.2) is 0 Å². The summed E-state index contributed by atoms with van der Waals surface area (Å²) in [5, 5.41) is 13.5. The van der Waals surface area contributed by atoms with E-state index in [0.29, 0.717) is 36.3 Å². The summed E-state index contributed by atoms with van der Waals surface area (Å²) >= 11 is 6.08. The summed E-state index contributed by atoms with van der Waals surface area (Å²) in [7, 11) is 1.99. The van der Waals surface area contributed by atoms with E-state index >= 15 is 0 Å². The van der Waals surface area contributed by atoms with Crippen LogP contribution in [-0.2, 0) is 4.74 Å². The van der Waals surface area contributed by atoms with Gasteiger partial charge in [0.2, 0.25) is 0 Å². The molecule has 4 N–H and O–H groups in total. The Bertz CT molecular complexity index is 474. The van der Waals surface area contributed by atoms with Gasteiger partial charge in [0, 0.05) is 24.8 Å². The van der Waals surface area contributed by atoms with E-state index in [-0.39, 0.29) is 12.6 Å². The lowest BCUT2D eigenvalue weighted by atomic mass is 9.96. The molecule has 0 unspecified atom stereocenters. The third-order valence-corrected chi connectivity index (χ3v) is 4.22. The van der Waals surface area contributed by atoms with E-state index in [1.54, 1.807) is 6.07 Å². The number of likely N-dealkylation sites (N-methyl/N-ethyl adjacent to an activating group) is 1. The number of aliphatic hydroxyl groups is 1. The summed E-state index contributed by atoms with van der Waals surface area (Å²) in [6.07, 6.45) is 1.51. The van der Waals surface area contributed by atoms with Gasteiger partial charge < -0.3 is 20.9 Å². The third kappa shape index (κ3) is 2.98. The molecule has 112 valence electrons. The second-order valence-corrected chi connectivity index (χ2v) is 5.71. The fourth-order valence-corrected chi connectivity index (χ4v) is 2.51. The highest BCUT2D eigenvalue weighted by Crippen LogP contribution is 2.26. The Kier molecular flexibility index (Phi) is 4.70. The Hall–Kier alpha value is -1.08. The Balaban J connectivity index is 2.12. The number of hydrogen-bond acceptors (Lipinski definition) is 6. The van der Waals surface area contributed by atoms with Crippen molar-refractivity contribution in [1.82, 2.24) is 9.88 Å². The van der Waals surface area contributed by atoms with Gasteiger partial charge in [-0.25, -0.2) is 4.98 Å². The van der Waals surface area contributed by atoms with Gasteiger partial charge in [-0.2, -0.15) is 0 Å². The minimum absolute atomic E-state index is 0.000967. The van der Waals surface area contributed by atoms with Crippen LogP contribution in [0.4, 0.5) is 11.5 Å². The molecule has 0 bridgehead atoms. The zero-order valence-corrected chi connectivity index (χ0v) is 12.5. The van der Waals surface area contributed by atoms with E-state index in [1.165, 1.54) is 6.20 Å². The van der Waals surface area contributed by atoms with Crippen LogP contribution in [0, 0.1) is 0 Å². The van der Waals surface area contributed by atoms with Gasteiger partial charge in [-0.05, 0) is 14.0 Å². The number of pyridine rings is 1. The van der Waals surface area contributed by atoms with Crippen molar-refractivity contribution in [2.75, 3.05) is 44.5 Å². The van der Waals surface area contributed by atoms with Crippen molar-refractivity contribution in [3.8, 4) is 0 Å². The first-order valence-electron chi connectivity index (χ1n) is 6.55. The fraction of sp³-hybridized carbons (Fsp3) is 0.615. The van der Waals surface area contributed by atoms with E-state index in [0.717, 1.165) is 0 Å². The van der Waals surface area contributed by atoms with Crippen molar-refractivity contribution in [1.29, 1.82) is 0 Å². The first-order chi connectivity index (χ1) is 9.48. The van der Waals surface area contributed by atoms with Crippen LogP contribution in [0.1, 0.15) is 6.92 Å². The topological polar surface area (TPSA) is 83.6 Å². The Morgan fingerprint density at radius 2 is 2.45 bits per heavy atom. The second-order valence-electron chi connectivity index (χ2n) is 5.30. The number of halogens is 1. The SMILES string of the molecule is C[C@@H]1COC[C@@](CO)(CNc2cc(N)ncc2Cl)N1C. The minimum atomic E-state index is -0.473. The number of nitrogen functional groups attached to an aromatic ring is 1. The molecule has 1 aliphatic rings. The molecule has 0 amide bonds. The molecule has 0 spiro atoms. The molecule has 2 rings (SSSR count). The maximum Gasteiger partial charge on any atom is 0.125 e. The molecule has 20 heavy (non-hydrogen) atoms. The molecule has 2 heterocycles. The van der Waals surface area contributed by atoms with Gasteiger partial charge in [-0.3, -0.25) is 4.90 Å². The molecule has 1 aromatic rings. The standard InChI is InChI=1S/C13H21ClN4O2/c1-9-5-20-8-13(7-19,18(9)2)6-17-11-3-12(15)16-4-10(11)14/h3-4,9,19H,5-8H2,1-2H3,(H3,15,16,17)/t9-,13+/m1/s1. The van der Waals surface area contributed by atoms with Gasteiger partial charge in [0.25, 0.3) is 0 Å². The lowest BCUT2D eigenvalue weighted by Crippen LogP contribution is -2.64. The van der Waals surface area contributed by atoms with E-state index in [9.17, 15) is 5.11 Å². The number of aliphatic hydroxyl groups excluding tert-OH is 1. The normalized spacial score (nSPS) is 27.5. The number of ether oxygens (including phenoxy) is 1. The average molecular weight is 301 g/mol. The smallest absolute Gasteiger partial charge is 0.125 e. The van der Waals surface area contributed by atoms with Gasteiger partial charge >= 0.3 is 0 Å². The minimum Gasteiger partial charge on any atom is -0.394 e. The van der Waals surface area contributed by atoms with Crippen molar-refractivity contribution in [3.05, 3.63) is 17.3 Å². The number of nitrogens with one attached hydrogen (secondary N) is 1. The molecule has 0 saturated carbocycles. The monoisotopic (exact) mass is 300 g/mol. The predicted octanol–water partition coefficient (Wildman–Crippen LogP) is 0.811. The van der Waals surface area contributed by atoms with Crippen LogP contribution in [0.5, 0.6) is 0 Å². The molecule has 1 aromatic heterocycles. The number of anilines is 2. The number of morpholine rings is 1. The highest BCUT2D eigenvalue weighted by atomic mass is 35.5. The number of rotatable bonds is 4. The summed E-state index contributed by atoms with van der Waals surface area (Å²) in [5.41, 5.74) is 5.89. The third-order valence-electron chi connectivity index (χ3n) is 3.92. The number of nitrogens with zero attached hydrogens (tertiary/aromatic N) is 2. The van der Waals surface area contributed by atoms with Crippen molar-refractivity contribution in [3.63, 3.8) is 0 Å². The van der Waals surface area contributed by atoms with E-state index in [4.69, 9.17) is 22.1 Å². The summed E-state index contributed by atoms with van der Waals surface area (Å²) in [6, 6.07) is 1.93. The molecular weight excluding hydrogens is 280 g/mol. The van der Waals surface area contributed by atoms with Crippen LogP contribution >= 0.6 is 11.6 Å².